The molecule has 2 rings (SSSR count). The van der Waals surface area contributed by atoms with Crippen molar-refractivity contribution < 1.29 is 18.7 Å². The van der Waals surface area contributed by atoms with Crippen molar-refractivity contribution in [3.05, 3.63) is 29.5 Å². The molecule has 0 saturated carbocycles. The van der Waals surface area contributed by atoms with Gasteiger partial charge in [-0.15, -0.1) is 0 Å². The van der Waals surface area contributed by atoms with E-state index in [2.05, 4.69) is 33.9 Å². The lowest BCUT2D eigenvalue weighted by Gasteiger charge is -2.33. The Balaban J connectivity index is 2.80. The summed E-state index contributed by atoms with van der Waals surface area (Å²) in [4.78, 5) is 13.0. The largest absolute Gasteiger partial charge is 0.497 e. The van der Waals surface area contributed by atoms with Crippen molar-refractivity contribution in [3.63, 3.8) is 0 Å². The molecule has 1 radical (unpaired) electrons. The SMILES string of the molecule is COc1ccc2c(c1)c(C(O[Si](C)C)C(C)(C)C)c(C)n2C(=O)OC(C)(C)C. The molecule has 0 aliphatic carbocycles. The highest BCUT2D eigenvalue weighted by atomic mass is 28.3. The Kier molecular flexibility index (Phi) is 6.36. The maximum atomic E-state index is 13.0. The zero-order valence-corrected chi connectivity index (χ0v) is 19.9. The number of carbonyl (C=O) groups is 1. The van der Waals surface area contributed by atoms with Crippen molar-refractivity contribution in [2.75, 3.05) is 7.11 Å². The summed E-state index contributed by atoms with van der Waals surface area (Å²) in [5, 5.41) is 0.964. The lowest BCUT2D eigenvalue weighted by atomic mass is 9.83. The fourth-order valence-corrected chi connectivity index (χ4v) is 4.27. The van der Waals surface area contributed by atoms with Crippen LogP contribution in [0.25, 0.3) is 10.9 Å². The molecule has 6 heteroatoms. The van der Waals surface area contributed by atoms with E-state index in [1.807, 2.05) is 45.9 Å². The molecule has 0 saturated heterocycles. The van der Waals surface area contributed by atoms with Gasteiger partial charge in [-0.05, 0) is 64.4 Å². The number of carbonyl (C=O) groups excluding carboxylic acids is 1. The van der Waals surface area contributed by atoms with E-state index in [9.17, 15) is 4.79 Å². The van der Waals surface area contributed by atoms with Gasteiger partial charge in [-0.25, -0.2) is 9.36 Å². The Morgan fingerprint density at radius 2 is 1.71 bits per heavy atom. The van der Waals surface area contributed by atoms with Crippen LogP contribution < -0.4 is 4.74 Å². The van der Waals surface area contributed by atoms with Crippen LogP contribution in [0.4, 0.5) is 4.79 Å². The molecule has 0 amide bonds. The molecule has 5 nitrogen and oxygen atoms in total. The highest BCUT2D eigenvalue weighted by Gasteiger charge is 2.34. The molecule has 1 atom stereocenters. The summed E-state index contributed by atoms with van der Waals surface area (Å²) in [6.07, 6.45) is -0.521. The number of methoxy groups -OCH3 is 1. The van der Waals surface area contributed by atoms with Gasteiger partial charge in [-0.1, -0.05) is 20.8 Å². The molecule has 0 N–H and O–H groups in total. The second kappa shape index (κ2) is 7.91. The minimum absolute atomic E-state index is 0.136. The van der Waals surface area contributed by atoms with E-state index >= 15 is 0 Å². The van der Waals surface area contributed by atoms with Gasteiger partial charge in [0.2, 0.25) is 9.04 Å². The molecule has 0 aliphatic heterocycles. The molecular weight excluding hydrogens is 370 g/mol. The molecule has 1 aromatic heterocycles. The molecule has 155 valence electrons. The molecule has 0 bridgehead atoms. The molecule has 1 aromatic carbocycles. The first kappa shape index (κ1) is 22.5. The lowest BCUT2D eigenvalue weighted by molar-refractivity contribution is 0.0537. The van der Waals surface area contributed by atoms with Gasteiger partial charge in [0, 0.05) is 16.6 Å². The summed E-state index contributed by atoms with van der Waals surface area (Å²) in [5.74, 6) is 0.751. The van der Waals surface area contributed by atoms with Gasteiger partial charge in [-0.3, -0.25) is 0 Å². The minimum Gasteiger partial charge on any atom is -0.497 e. The van der Waals surface area contributed by atoms with E-state index in [0.29, 0.717) is 0 Å². The molecule has 0 spiro atoms. The van der Waals surface area contributed by atoms with Crippen LogP contribution in [0.2, 0.25) is 13.1 Å². The third kappa shape index (κ3) is 4.78. The van der Waals surface area contributed by atoms with Gasteiger partial charge in [0.05, 0.1) is 18.7 Å². The third-order valence-electron chi connectivity index (χ3n) is 4.44. The molecular formula is C22H34NO4Si. The van der Waals surface area contributed by atoms with E-state index in [0.717, 1.165) is 27.9 Å². The molecule has 2 aromatic rings. The number of aromatic nitrogens is 1. The van der Waals surface area contributed by atoms with Crippen molar-refractivity contribution in [1.82, 2.24) is 4.57 Å². The number of hydrogen-bond acceptors (Lipinski definition) is 4. The summed E-state index contributed by atoms with van der Waals surface area (Å²) in [7, 11) is 0.690. The van der Waals surface area contributed by atoms with Gasteiger partial charge in [0.15, 0.2) is 0 Å². The summed E-state index contributed by atoms with van der Waals surface area (Å²) < 4.78 is 19.3. The molecule has 1 unspecified atom stereocenters. The number of fused-ring (bicyclic) bond motifs is 1. The predicted molar refractivity (Wildman–Crippen MR) is 116 cm³/mol. The first-order valence-corrected chi connectivity index (χ1v) is 12.1. The van der Waals surface area contributed by atoms with Crippen LogP contribution in [0.15, 0.2) is 18.2 Å². The normalized spacial score (nSPS) is 13.8. The van der Waals surface area contributed by atoms with Crippen LogP contribution in [0.5, 0.6) is 5.75 Å². The second-order valence-corrected chi connectivity index (χ2v) is 11.5. The number of benzene rings is 1. The highest BCUT2D eigenvalue weighted by molar-refractivity contribution is 6.48. The minimum atomic E-state index is -0.958. The monoisotopic (exact) mass is 404 g/mol. The van der Waals surface area contributed by atoms with Gasteiger partial charge in [0.25, 0.3) is 0 Å². The average Bonchev–Trinajstić information content (AvgIpc) is 2.80. The second-order valence-electron chi connectivity index (χ2n) is 9.47. The third-order valence-corrected chi connectivity index (χ3v) is 5.15. The van der Waals surface area contributed by atoms with Crippen molar-refractivity contribution >= 4 is 26.0 Å². The van der Waals surface area contributed by atoms with E-state index in [1.165, 1.54) is 0 Å². The van der Waals surface area contributed by atoms with Gasteiger partial charge < -0.3 is 13.9 Å². The summed E-state index contributed by atoms with van der Waals surface area (Å²) in [6.45, 7) is 18.3. The van der Waals surface area contributed by atoms with Crippen LogP contribution in [-0.4, -0.2) is 32.4 Å². The molecule has 0 aliphatic rings. The smallest absolute Gasteiger partial charge is 0.419 e. The zero-order chi connectivity index (χ0) is 21.4. The van der Waals surface area contributed by atoms with Crippen LogP contribution in [0.1, 0.15) is 58.9 Å². The molecule has 28 heavy (non-hydrogen) atoms. The number of ether oxygens (including phenoxy) is 2. The van der Waals surface area contributed by atoms with E-state index in [4.69, 9.17) is 13.9 Å². The number of hydrogen-bond donors (Lipinski definition) is 0. The summed E-state index contributed by atoms with van der Waals surface area (Å²) in [5.41, 5.74) is 1.97. The van der Waals surface area contributed by atoms with Crippen LogP contribution in [0, 0.1) is 12.3 Å². The Morgan fingerprint density at radius 1 is 1.11 bits per heavy atom. The molecule has 0 fully saturated rings. The fraction of sp³-hybridized carbons (Fsp3) is 0.591. The number of rotatable bonds is 4. The van der Waals surface area contributed by atoms with E-state index in [-0.39, 0.29) is 17.6 Å². The van der Waals surface area contributed by atoms with Crippen LogP contribution in [0.3, 0.4) is 0 Å². The maximum Gasteiger partial charge on any atom is 0.419 e. The lowest BCUT2D eigenvalue weighted by Crippen LogP contribution is -2.29. The predicted octanol–water partition coefficient (Wildman–Crippen LogP) is 6.10. The summed E-state index contributed by atoms with van der Waals surface area (Å²) in [6, 6.07) is 5.77. The Hall–Kier alpha value is -1.79. The number of nitrogens with zero attached hydrogens (tertiary/aromatic N) is 1. The summed E-state index contributed by atoms with van der Waals surface area (Å²) >= 11 is 0. The molecule has 1 heterocycles. The topological polar surface area (TPSA) is 49.7 Å². The van der Waals surface area contributed by atoms with Crippen LogP contribution in [-0.2, 0) is 9.16 Å². The Morgan fingerprint density at radius 3 is 2.18 bits per heavy atom. The van der Waals surface area contributed by atoms with Crippen molar-refractivity contribution in [3.8, 4) is 5.75 Å². The van der Waals surface area contributed by atoms with Gasteiger partial charge >= 0.3 is 6.09 Å². The highest BCUT2D eigenvalue weighted by Crippen LogP contribution is 2.43. The quantitative estimate of drug-likeness (QED) is 0.578. The van der Waals surface area contributed by atoms with Crippen LogP contribution >= 0.6 is 0 Å². The Labute approximate surface area is 170 Å². The standard InChI is InChI=1S/C22H34NO4Si/c1-14-18(19(21(2,3)4)27-28(9)10)16-13-15(25-8)11-12-17(16)23(14)20(24)26-22(5,6)7/h11-13,19H,1-10H3. The van der Waals surface area contributed by atoms with Gasteiger partial charge in [0.1, 0.15) is 11.4 Å². The first-order valence-electron chi connectivity index (χ1n) is 9.65. The van der Waals surface area contributed by atoms with Crippen molar-refractivity contribution in [2.45, 2.75) is 73.3 Å². The van der Waals surface area contributed by atoms with E-state index in [1.54, 1.807) is 11.7 Å². The average molecular weight is 405 g/mol. The Bertz CT molecular complexity index is 856. The fourth-order valence-electron chi connectivity index (χ4n) is 3.33. The van der Waals surface area contributed by atoms with E-state index < -0.39 is 14.6 Å². The first-order chi connectivity index (χ1) is 12.8. The van der Waals surface area contributed by atoms with Crippen molar-refractivity contribution in [1.29, 1.82) is 0 Å². The zero-order valence-electron chi connectivity index (χ0n) is 18.9. The van der Waals surface area contributed by atoms with Gasteiger partial charge in [-0.2, -0.15) is 0 Å². The van der Waals surface area contributed by atoms with Crippen molar-refractivity contribution in [2.24, 2.45) is 5.41 Å². The maximum absolute atomic E-state index is 13.0.